The lowest BCUT2D eigenvalue weighted by molar-refractivity contribution is 0.157. The van der Waals surface area contributed by atoms with E-state index in [0.29, 0.717) is 6.04 Å². The summed E-state index contributed by atoms with van der Waals surface area (Å²) in [7, 11) is 1.77. The van der Waals surface area contributed by atoms with Crippen molar-refractivity contribution in [1.29, 1.82) is 0 Å². The minimum Gasteiger partial charge on any atom is -0.383 e. The maximum Gasteiger partial charge on any atom is 0.0626 e. The monoisotopic (exact) mass is 241 g/mol. The van der Waals surface area contributed by atoms with E-state index in [9.17, 15) is 0 Å². The third-order valence-corrected chi connectivity index (χ3v) is 2.93. The zero-order chi connectivity index (χ0) is 6.69. The molecule has 1 atom stereocenters. The van der Waals surface area contributed by atoms with Gasteiger partial charge in [0.1, 0.15) is 0 Å². The van der Waals surface area contributed by atoms with Gasteiger partial charge < -0.3 is 4.74 Å². The van der Waals surface area contributed by atoms with E-state index >= 15 is 0 Å². The fourth-order valence-corrected chi connectivity index (χ4v) is 1.94. The van der Waals surface area contributed by atoms with E-state index in [1.807, 2.05) is 0 Å². The molecule has 54 valence electrons. The van der Waals surface area contributed by atoms with Crippen molar-refractivity contribution in [3.8, 4) is 0 Å². The molecule has 0 unspecified atom stereocenters. The van der Waals surface area contributed by atoms with Gasteiger partial charge in [0.25, 0.3) is 0 Å². The molecule has 1 fully saturated rings. The Morgan fingerprint density at radius 1 is 1.78 bits per heavy atom. The number of rotatable bonds is 2. The lowest BCUT2D eigenvalue weighted by Gasteiger charge is -2.15. The van der Waals surface area contributed by atoms with Gasteiger partial charge in [0, 0.05) is 42.6 Å². The van der Waals surface area contributed by atoms with Crippen LogP contribution in [-0.2, 0) is 4.74 Å². The molecule has 0 amide bonds. The Balaban J connectivity index is 2.22. The Kier molecular flexibility index (Phi) is 3.21. The summed E-state index contributed by atoms with van der Waals surface area (Å²) < 4.78 is 7.38. The largest absolute Gasteiger partial charge is 0.383 e. The molecule has 1 aliphatic rings. The first-order valence-corrected chi connectivity index (χ1v) is 4.22. The highest BCUT2D eigenvalue weighted by Gasteiger charge is 2.21. The van der Waals surface area contributed by atoms with Crippen LogP contribution >= 0.6 is 22.9 Å². The molecule has 3 heteroatoms. The molecule has 1 aliphatic heterocycles. The molecule has 0 N–H and O–H groups in total. The molecule has 0 aromatic carbocycles. The molecule has 0 aromatic rings. The van der Waals surface area contributed by atoms with E-state index in [1.165, 1.54) is 19.4 Å². The van der Waals surface area contributed by atoms with Crippen LogP contribution in [0.1, 0.15) is 12.8 Å². The quantitative estimate of drug-likeness (QED) is 0.536. The fourth-order valence-electron chi connectivity index (χ4n) is 1.16. The topological polar surface area (TPSA) is 12.5 Å². The molecular weight excluding hydrogens is 229 g/mol. The Morgan fingerprint density at radius 3 is 3.00 bits per heavy atom. The van der Waals surface area contributed by atoms with Crippen molar-refractivity contribution in [2.75, 3.05) is 20.3 Å². The van der Waals surface area contributed by atoms with Crippen molar-refractivity contribution in [1.82, 2.24) is 3.11 Å². The first-order valence-electron chi connectivity index (χ1n) is 3.26. The van der Waals surface area contributed by atoms with Gasteiger partial charge in [-0.15, -0.1) is 0 Å². The zero-order valence-corrected chi connectivity index (χ0v) is 7.80. The first kappa shape index (κ1) is 7.75. The molecule has 1 heterocycles. The van der Waals surface area contributed by atoms with Gasteiger partial charge in [-0.05, 0) is 12.8 Å². The van der Waals surface area contributed by atoms with Gasteiger partial charge in [-0.3, -0.25) is 0 Å². The molecule has 1 saturated heterocycles. The predicted molar refractivity (Wildman–Crippen MR) is 45.6 cm³/mol. The van der Waals surface area contributed by atoms with Gasteiger partial charge in [-0.2, -0.15) is 0 Å². The summed E-state index contributed by atoms with van der Waals surface area (Å²) in [5, 5.41) is 0. The standard InChI is InChI=1S/C6H12INO/c1-9-5-6-3-2-4-8(6)7/h6H,2-5H2,1H3/t6-/m0/s1. The van der Waals surface area contributed by atoms with E-state index in [2.05, 4.69) is 26.0 Å². The highest BCUT2D eigenvalue weighted by atomic mass is 127. The van der Waals surface area contributed by atoms with E-state index in [1.54, 1.807) is 7.11 Å². The molecule has 0 radical (unpaired) electrons. The summed E-state index contributed by atoms with van der Waals surface area (Å²) in [4.78, 5) is 0. The Bertz CT molecular complexity index is 89.1. The lowest BCUT2D eigenvalue weighted by atomic mass is 10.2. The van der Waals surface area contributed by atoms with Crippen molar-refractivity contribution in [2.24, 2.45) is 0 Å². The van der Waals surface area contributed by atoms with Gasteiger partial charge in [0.2, 0.25) is 0 Å². The van der Waals surface area contributed by atoms with Crippen LogP contribution in [0.15, 0.2) is 0 Å². The average Bonchev–Trinajstić information content (AvgIpc) is 2.18. The number of hydrogen-bond donors (Lipinski definition) is 0. The van der Waals surface area contributed by atoms with Gasteiger partial charge in [0.05, 0.1) is 6.61 Å². The van der Waals surface area contributed by atoms with E-state index in [-0.39, 0.29) is 0 Å². The second kappa shape index (κ2) is 3.73. The molecule has 0 aliphatic carbocycles. The van der Waals surface area contributed by atoms with Crippen LogP contribution in [-0.4, -0.2) is 29.4 Å². The van der Waals surface area contributed by atoms with Crippen molar-refractivity contribution in [3.63, 3.8) is 0 Å². The van der Waals surface area contributed by atoms with E-state index < -0.39 is 0 Å². The third-order valence-electron chi connectivity index (χ3n) is 1.66. The van der Waals surface area contributed by atoms with Crippen LogP contribution in [0, 0.1) is 0 Å². The second-order valence-electron chi connectivity index (χ2n) is 2.37. The highest BCUT2D eigenvalue weighted by molar-refractivity contribution is 14.1. The van der Waals surface area contributed by atoms with Crippen molar-refractivity contribution in [3.05, 3.63) is 0 Å². The number of halogens is 1. The number of methoxy groups -OCH3 is 1. The second-order valence-corrected chi connectivity index (χ2v) is 3.61. The van der Waals surface area contributed by atoms with Gasteiger partial charge in [-0.25, -0.2) is 3.11 Å². The molecule has 0 spiro atoms. The third kappa shape index (κ3) is 2.05. The number of ether oxygens (including phenoxy) is 1. The van der Waals surface area contributed by atoms with Crippen LogP contribution in [0.5, 0.6) is 0 Å². The molecule has 0 aromatic heterocycles. The van der Waals surface area contributed by atoms with Crippen molar-refractivity contribution in [2.45, 2.75) is 18.9 Å². The van der Waals surface area contributed by atoms with Crippen LogP contribution in [0.25, 0.3) is 0 Å². The molecule has 9 heavy (non-hydrogen) atoms. The van der Waals surface area contributed by atoms with Crippen LogP contribution in [0.4, 0.5) is 0 Å². The summed E-state index contributed by atoms with van der Waals surface area (Å²) >= 11 is 2.37. The maximum atomic E-state index is 5.05. The van der Waals surface area contributed by atoms with E-state index in [4.69, 9.17) is 4.74 Å². The van der Waals surface area contributed by atoms with Gasteiger partial charge >= 0.3 is 0 Å². The Labute approximate surface area is 70.0 Å². The van der Waals surface area contributed by atoms with Crippen LogP contribution in [0.2, 0.25) is 0 Å². The van der Waals surface area contributed by atoms with Crippen LogP contribution < -0.4 is 0 Å². The maximum absolute atomic E-state index is 5.05. The van der Waals surface area contributed by atoms with Gasteiger partial charge in [0.15, 0.2) is 0 Å². The molecule has 1 rings (SSSR count). The normalized spacial score (nSPS) is 29.3. The Hall–Kier alpha value is 0.650. The van der Waals surface area contributed by atoms with Crippen LogP contribution in [0.3, 0.4) is 0 Å². The lowest BCUT2D eigenvalue weighted by Crippen LogP contribution is -2.23. The highest BCUT2D eigenvalue weighted by Crippen LogP contribution is 2.20. The summed E-state index contributed by atoms with van der Waals surface area (Å²) in [6, 6.07) is 0.676. The SMILES string of the molecule is COC[C@@H]1CCCN1I. The van der Waals surface area contributed by atoms with Gasteiger partial charge in [-0.1, -0.05) is 0 Å². The summed E-state index contributed by atoms with van der Waals surface area (Å²) in [6.45, 7) is 2.12. The molecular formula is C6H12INO. The minimum atomic E-state index is 0.676. The molecule has 2 nitrogen and oxygen atoms in total. The summed E-state index contributed by atoms with van der Waals surface area (Å²) in [5.74, 6) is 0. The fraction of sp³-hybridized carbons (Fsp3) is 1.00. The first-order chi connectivity index (χ1) is 4.34. The average molecular weight is 241 g/mol. The predicted octanol–water partition coefficient (Wildman–Crippen LogP) is 1.45. The molecule has 0 saturated carbocycles. The Morgan fingerprint density at radius 2 is 2.56 bits per heavy atom. The summed E-state index contributed by atoms with van der Waals surface area (Å²) in [6.07, 6.45) is 2.63. The smallest absolute Gasteiger partial charge is 0.0626 e. The van der Waals surface area contributed by atoms with E-state index in [0.717, 1.165) is 6.61 Å². The number of hydrogen-bond acceptors (Lipinski definition) is 2. The summed E-state index contributed by atoms with van der Waals surface area (Å²) in [5.41, 5.74) is 0. The van der Waals surface area contributed by atoms with Crippen molar-refractivity contribution >= 4 is 22.9 Å². The van der Waals surface area contributed by atoms with Crippen molar-refractivity contribution < 1.29 is 4.74 Å². The number of nitrogens with zero attached hydrogens (tertiary/aromatic N) is 1. The molecule has 0 bridgehead atoms. The minimum absolute atomic E-state index is 0.676. The zero-order valence-electron chi connectivity index (χ0n) is 5.64.